The van der Waals surface area contributed by atoms with Crippen molar-refractivity contribution in [3.05, 3.63) is 0 Å². The number of hydrogen-bond acceptors (Lipinski definition) is 8. The van der Waals surface area contributed by atoms with Crippen molar-refractivity contribution >= 4 is 41.5 Å². The fraction of sp³-hybridized carbons (Fsp3) is 0.759. The predicted molar refractivity (Wildman–Crippen MR) is 168 cm³/mol. The van der Waals surface area contributed by atoms with E-state index in [0.717, 1.165) is 0 Å². The topological polar surface area (TPSA) is 281 Å². The van der Waals surface area contributed by atoms with Gasteiger partial charge in [0.25, 0.3) is 0 Å². The minimum Gasteiger partial charge on any atom is -0.481 e. The Hall–Kier alpha value is -3.95. The molecule has 0 aromatic heterocycles. The minimum absolute atomic E-state index is 0.0403. The van der Waals surface area contributed by atoms with Gasteiger partial charge in [0.2, 0.25) is 23.6 Å². The third-order valence-corrected chi connectivity index (χ3v) is 6.58. The van der Waals surface area contributed by atoms with E-state index in [1.165, 1.54) is 0 Å². The summed E-state index contributed by atoms with van der Waals surface area (Å²) in [5, 5.41) is 29.0. The molecule has 0 aromatic carbocycles. The first-order chi connectivity index (χ1) is 20.8. The molecular formula is C29H54N8O8. The molecule has 0 aliphatic carbocycles. The molecule has 0 heterocycles. The zero-order valence-corrected chi connectivity index (χ0v) is 27.3. The van der Waals surface area contributed by atoms with E-state index < -0.39 is 72.2 Å². The second-order valence-electron chi connectivity index (χ2n) is 12.5. The van der Waals surface area contributed by atoms with E-state index in [0.29, 0.717) is 6.42 Å². The normalized spacial score (nSPS) is 14.5. The summed E-state index contributed by atoms with van der Waals surface area (Å²) in [4.78, 5) is 79.6. The molecule has 12 N–H and O–H groups in total. The second kappa shape index (κ2) is 20.9. The first kappa shape index (κ1) is 41.0. The maximum atomic E-state index is 13.5. The molecule has 16 heteroatoms. The van der Waals surface area contributed by atoms with Gasteiger partial charge in [-0.15, -0.1) is 0 Å². The fourth-order valence-electron chi connectivity index (χ4n) is 4.42. The highest BCUT2D eigenvalue weighted by Gasteiger charge is 2.32. The molecule has 0 saturated heterocycles. The summed E-state index contributed by atoms with van der Waals surface area (Å²) in [7, 11) is 0. The highest BCUT2D eigenvalue weighted by molar-refractivity contribution is 5.95. The predicted octanol–water partition coefficient (Wildman–Crippen LogP) is -0.606. The maximum absolute atomic E-state index is 13.5. The Morgan fingerprint density at radius 2 is 1.04 bits per heavy atom. The molecule has 5 atom stereocenters. The molecule has 16 nitrogen and oxygen atoms in total. The Morgan fingerprint density at radius 3 is 1.51 bits per heavy atom. The van der Waals surface area contributed by atoms with E-state index in [1.54, 1.807) is 13.8 Å². The maximum Gasteiger partial charge on any atom is 0.326 e. The van der Waals surface area contributed by atoms with Crippen LogP contribution in [0.5, 0.6) is 0 Å². The summed E-state index contributed by atoms with van der Waals surface area (Å²) >= 11 is 0. The standard InChI is InChI=1S/C29H54N8O8/c1-15(2)12-18(30)24(40)34-20(9-10-23(38)39)26(42)36-21(13-16(3)4)27(43)35-19(8-7-11-33-29(31)32)25(41)37-22(28(44)45)14-17(5)6/h15-22H,7-14,30H2,1-6H3,(H,34,40)(H,35,43)(H,36,42)(H,37,41)(H,38,39)(H,44,45)(H4,31,32,33). The monoisotopic (exact) mass is 642 g/mol. The Balaban J connectivity index is 6.04. The van der Waals surface area contributed by atoms with Gasteiger partial charge in [-0.1, -0.05) is 41.5 Å². The van der Waals surface area contributed by atoms with Crippen LogP contribution in [0.3, 0.4) is 0 Å². The summed E-state index contributed by atoms with van der Waals surface area (Å²) in [5.41, 5.74) is 16.7. The van der Waals surface area contributed by atoms with Crippen molar-refractivity contribution < 1.29 is 39.0 Å². The van der Waals surface area contributed by atoms with E-state index >= 15 is 0 Å². The van der Waals surface area contributed by atoms with Crippen molar-refractivity contribution in [2.45, 2.75) is 117 Å². The van der Waals surface area contributed by atoms with Crippen LogP contribution in [0, 0.1) is 17.8 Å². The largest absolute Gasteiger partial charge is 0.481 e. The van der Waals surface area contributed by atoms with E-state index in [9.17, 15) is 39.0 Å². The lowest BCUT2D eigenvalue weighted by molar-refractivity contribution is -0.143. The van der Waals surface area contributed by atoms with Crippen molar-refractivity contribution in [1.82, 2.24) is 21.3 Å². The smallest absolute Gasteiger partial charge is 0.326 e. The van der Waals surface area contributed by atoms with Gasteiger partial charge in [0.05, 0.1) is 6.04 Å². The van der Waals surface area contributed by atoms with Gasteiger partial charge in [-0.05, 0) is 56.3 Å². The molecule has 0 saturated carbocycles. The van der Waals surface area contributed by atoms with Crippen LogP contribution in [0.1, 0.15) is 86.5 Å². The lowest BCUT2D eigenvalue weighted by atomic mass is 10.00. The number of carboxylic acids is 2. The number of nitrogens with two attached hydrogens (primary N) is 3. The molecule has 4 amide bonds. The highest BCUT2D eigenvalue weighted by atomic mass is 16.4. The fourth-order valence-corrected chi connectivity index (χ4v) is 4.42. The first-order valence-corrected chi connectivity index (χ1v) is 15.3. The second-order valence-corrected chi connectivity index (χ2v) is 12.5. The third kappa shape index (κ3) is 18.5. The number of aliphatic imine (C=N–C) groups is 1. The van der Waals surface area contributed by atoms with Crippen molar-refractivity contribution in [3.8, 4) is 0 Å². The van der Waals surface area contributed by atoms with Gasteiger partial charge < -0.3 is 48.7 Å². The molecule has 0 radical (unpaired) electrons. The number of carboxylic acid groups (broad SMARTS) is 2. The van der Waals surface area contributed by atoms with Crippen LogP contribution in [0.15, 0.2) is 4.99 Å². The van der Waals surface area contributed by atoms with E-state index in [4.69, 9.17) is 17.2 Å². The number of hydrogen-bond donors (Lipinski definition) is 9. The van der Waals surface area contributed by atoms with Crippen molar-refractivity contribution in [2.24, 2.45) is 39.9 Å². The summed E-state index contributed by atoms with van der Waals surface area (Å²) in [6.45, 7) is 11.1. The zero-order chi connectivity index (χ0) is 34.9. The van der Waals surface area contributed by atoms with E-state index in [2.05, 4.69) is 26.3 Å². The Labute approximate surface area is 265 Å². The molecule has 0 aromatic rings. The average Bonchev–Trinajstić information content (AvgIpc) is 2.90. The Morgan fingerprint density at radius 1 is 0.622 bits per heavy atom. The SMILES string of the molecule is CC(C)CC(N)C(=O)NC(CCC(=O)O)C(=O)NC(CC(C)C)C(=O)NC(CCCN=C(N)N)C(=O)NC(CC(C)C)C(=O)O. The molecular weight excluding hydrogens is 588 g/mol. The summed E-state index contributed by atoms with van der Waals surface area (Å²) < 4.78 is 0. The summed E-state index contributed by atoms with van der Waals surface area (Å²) in [6.07, 6.45) is 0.264. The first-order valence-electron chi connectivity index (χ1n) is 15.3. The average molecular weight is 643 g/mol. The van der Waals surface area contributed by atoms with E-state index in [1.807, 2.05) is 27.7 Å². The van der Waals surface area contributed by atoms with Gasteiger partial charge in [0, 0.05) is 13.0 Å². The van der Waals surface area contributed by atoms with Gasteiger partial charge in [-0.2, -0.15) is 0 Å². The van der Waals surface area contributed by atoms with Gasteiger partial charge in [-0.25, -0.2) is 4.79 Å². The summed E-state index contributed by atoms with van der Waals surface area (Å²) in [5.74, 6) is -5.51. The van der Waals surface area contributed by atoms with Crippen LogP contribution in [0.25, 0.3) is 0 Å². The minimum atomic E-state index is -1.29. The van der Waals surface area contributed by atoms with Crippen molar-refractivity contribution in [1.29, 1.82) is 0 Å². The quantitative estimate of drug-likeness (QED) is 0.0408. The Bertz CT molecular complexity index is 1030. The van der Waals surface area contributed by atoms with Crippen molar-refractivity contribution in [2.75, 3.05) is 6.54 Å². The molecule has 0 spiro atoms. The molecule has 0 aliphatic rings. The zero-order valence-electron chi connectivity index (χ0n) is 27.3. The number of carbonyl (C=O) groups excluding carboxylic acids is 4. The highest BCUT2D eigenvalue weighted by Crippen LogP contribution is 2.11. The van der Waals surface area contributed by atoms with Crippen LogP contribution < -0.4 is 38.5 Å². The number of nitrogens with zero attached hydrogens (tertiary/aromatic N) is 1. The van der Waals surface area contributed by atoms with Gasteiger partial charge in [-0.3, -0.25) is 29.0 Å². The third-order valence-electron chi connectivity index (χ3n) is 6.58. The molecule has 0 bridgehead atoms. The van der Waals surface area contributed by atoms with Crippen LogP contribution in [-0.2, 0) is 28.8 Å². The van der Waals surface area contributed by atoms with Crippen LogP contribution in [0.4, 0.5) is 0 Å². The number of aliphatic carboxylic acids is 2. The van der Waals surface area contributed by atoms with E-state index in [-0.39, 0.29) is 62.4 Å². The van der Waals surface area contributed by atoms with Gasteiger partial charge in [0.1, 0.15) is 24.2 Å². The van der Waals surface area contributed by atoms with Gasteiger partial charge in [0.15, 0.2) is 5.96 Å². The lowest BCUT2D eigenvalue weighted by Gasteiger charge is -2.27. The number of rotatable bonds is 22. The van der Waals surface area contributed by atoms with Crippen LogP contribution >= 0.6 is 0 Å². The molecule has 0 rings (SSSR count). The van der Waals surface area contributed by atoms with Gasteiger partial charge >= 0.3 is 11.9 Å². The number of guanidine groups is 1. The number of nitrogens with one attached hydrogen (secondary N) is 4. The van der Waals surface area contributed by atoms with Crippen molar-refractivity contribution in [3.63, 3.8) is 0 Å². The molecule has 0 aliphatic heterocycles. The summed E-state index contributed by atoms with van der Waals surface area (Å²) in [6, 6.07) is -5.78. The molecule has 45 heavy (non-hydrogen) atoms. The number of carbonyl (C=O) groups is 6. The molecule has 5 unspecified atom stereocenters. The molecule has 258 valence electrons. The lowest BCUT2D eigenvalue weighted by Crippen LogP contribution is -2.58. The molecule has 0 fully saturated rings. The van der Waals surface area contributed by atoms with Crippen LogP contribution in [0.2, 0.25) is 0 Å². The van der Waals surface area contributed by atoms with Crippen LogP contribution in [-0.4, -0.2) is 88.5 Å². The number of amides is 4. The Kier molecular flexibility index (Phi) is 19.1.